The van der Waals surface area contributed by atoms with Crippen molar-refractivity contribution in [2.75, 3.05) is 4.90 Å². The van der Waals surface area contributed by atoms with Crippen molar-refractivity contribution in [2.24, 2.45) is 0 Å². The Morgan fingerprint density at radius 2 is 0.726 bits per heavy atom. The van der Waals surface area contributed by atoms with Crippen molar-refractivity contribution in [3.63, 3.8) is 0 Å². The molecule has 2 nitrogen and oxygen atoms in total. The number of anilines is 3. The molecule has 1 heterocycles. The Balaban J connectivity index is 0.894. The molecule has 13 aromatic rings. The lowest BCUT2D eigenvalue weighted by Crippen LogP contribution is -2.14. The Labute approximate surface area is 426 Å². The lowest BCUT2D eigenvalue weighted by atomic mass is 9.80. The maximum absolute atomic E-state index is 2.47. The molecule has 0 atom stereocenters. The van der Waals surface area contributed by atoms with E-state index in [2.05, 4.69) is 290 Å². The van der Waals surface area contributed by atoms with Gasteiger partial charge in [-0.05, 0) is 167 Å². The first-order valence-electron chi connectivity index (χ1n) is 25.4. The minimum absolute atomic E-state index is 0.0929. The van der Waals surface area contributed by atoms with E-state index in [1.807, 2.05) is 0 Å². The first kappa shape index (κ1) is 42.6. The Morgan fingerprint density at radius 3 is 1.30 bits per heavy atom. The molecular weight excluding hydrogens is 881 g/mol. The first-order chi connectivity index (χ1) is 36.0. The van der Waals surface area contributed by atoms with Gasteiger partial charge in [-0.15, -0.1) is 0 Å². The summed E-state index contributed by atoms with van der Waals surface area (Å²) < 4.78 is 2.42. The minimum atomic E-state index is -0.0929. The fraction of sp³-hybridized carbons (Fsp3) is 0.0423. The van der Waals surface area contributed by atoms with Gasteiger partial charge >= 0.3 is 0 Å². The second-order valence-electron chi connectivity index (χ2n) is 20.0. The summed E-state index contributed by atoms with van der Waals surface area (Å²) in [5.74, 6) is 0. The smallest absolute Gasteiger partial charge is 0.0541 e. The molecule has 14 rings (SSSR count). The molecule has 0 radical (unpaired) electrons. The van der Waals surface area contributed by atoms with E-state index in [9.17, 15) is 0 Å². The zero-order chi connectivity index (χ0) is 48.6. The second-order valence-corrected chi connectivity index (χ2v) is 20.0. The number of benzene rings is 12. The summed E-state index contributed by atoms with van der Waals surface area (Å²) in [5.41, 5.74) is 21.9. The van der Waals surface area contributed by atoms with Crippen molar-refractivity contribution in [3.8, 4) is 61.3 Å². The highest BCUT2D eigenvalue weighted by Crippen LogP contribution is 2.52. The molecule has 0 bridgehead atoms. The van der Waals surface area contributed by atoms with E-state index in [-0.39, 0.29) is 5.41 Å². The third-order valence-corrected chi connectivity index (χ3v) is 15.6. The van der Waals surface area contributed by atoms with Crippen LogP contribution in [0.2, 0.25) is 0 Å². The Bertz CT molecular complexity index is 4110. The number of aromatic nitrogens is 1. The van der Waals surface area contributed by atoms with Crippen LogP contribution in [0, 0.1) is 0 Å². The van der Waals surface area contributed by atoms with Gasteiger partial charge in [0.05, 0.1) is 11.0 Å². The van der Waals surface area contributed by atoms with Crippen LogP contribution in [0.3, 0.4) is 0 Å². The van der Waals surface area contributed by atoms with E-state index in [1.54, 1.807) is 0 Å². The summed E-state index contributed by atoms with van der Waals surface area (Å²) in [4.78, 5) is 2.39. The minimum Gasteiger partial charge on any atom is -0.310 e. The van der Waals surface area contributed by atoms with E-state index >= 15 is 0 Å². The predicted octanol–water partition coefficient (Wildman–Crippen LogP) is 19.5. The molecule has 0 aliphatic heterocycles. The Hall–Kier alpha value is -9.24. The van der Waals surface area contributed by atoms with Crippen LogP contribution in [-0.2, 0) is 5.41 Å². The third-order valence-electron chi connectivity index (χ3n) is 15.6. The van der Waals surface area contributed by atoms with Crippen molar-refractivity contribution < 1.29 is 0 Å². The quantitative estimate of drug-likeness (QED) is 0.138. The molecule has 0 fully saturated rings. The zero-order valence-electron chi connectivity index (χ0n) is 40.8. The molecule has 0 saturated carbocycles. The SMILES string of the molecule is CC1(C)c2ccccc2-c2ccc(-c3c4ccccc4c(-c4cccc(N(c5ccccc5)c5ccc(-n6c7ccc(-c8ccccc8)cc7c7cc(-c8ccccc8)ccc76)cc5)c4)c4ccccc34)cc21. The van der Waals surface area contributed by atoms with Gasteiger partial charge in [-0.2, -0.15) is 0 Å². The largest absolute Gasteiger partial charge is 0.310 e. The zero-order valence-corrected chi connectivity index (χ0v) is 40.8. The first-order valence-corrected chi connectivity index (χ1v) is 25.4. The highest BCUT2D eigenvalue weighted by atomic mass is 15.1. The topological polar surface area (TPSA) is 8.17 Å². The summed E-state index contributed by atoms with van der Waals surface area (Å²) in [7, 11) is 0. The molecule has 0 spiro atoms. The van der Waals surface area contributed by atoms with Gasteiger partial charge in [0.1, 0.15) is 0 Å². The molecule has 73 heavy (non-hydrogen) atoms. The number of fused-ring (bicyclic) bond motifs is 8. The van der Waals surface area contributed by atoms with Gasteiger partial charge in [0.15, 0.2) is 0 Å². The molecule has 0 saturated heterocycles. The fourth-order valence-corrected chi connectivity index (χ4v) is 12.1. The van der Waals surface area contributed by atoms with Crippen LogP contribution >= 0.6 is 0 Å². The van der Waals surface area contributed by atoms with Crippen molar-refractivity contribution in [3.05, 3.63) is 278 Å². The van der Waals surface area contributed by atoms with Crippen LogP contribution in [0.4, 0.5) is 17.1 Å². The van der Waals surface area contributed by atoms with Crippen molar-refractivity contribution in [1.29, 1.82) is 0 Å². The van der Waals surface area contributed by atoms with Gasteiger partial charge in [-0.25, -0.2) is 0 Å². The van der Waals surface area contributed by atoms with Gasteiger partial charge in [0.2, 0.25) is 0 Å². The van der Waals surface area contributed by atoms with Crippen LogP contribution in [0.15, 0.2) is 267 Å². The Kier molecular flexibility index (Phi) is 9.91. The van der Waals surface area contributed by atoms with E-state index in [0.29, 0.717) is 0 Å². The number of hydrogen-bond donors (Lipinski definition) is 0. The van der Waals surface area contributed by atoms with Crippen LogP contribution in [-0.4, -0.2) is 4.57 Å². The predicted molar refractivity (Wildman–Crippen MR) is 310 cm³/mol. The summed E-state index contributed by atoms with van der Waals surface area (Å²) in [6.45, 7) is 4.74. The van der Waals surface area contributed by atoms with Crippen molar-refractivity contribution in [1.82, 2.24) is 4.57 Å². The lowest BCUT2D eigenvalue weighted by Gasteiger charge is -2.27. The van der Waals surface area contributed by atoms with Crippen molar-refractivity contribution >= 4 is 60.4 Å². The number of para-hydroxylation sites is 1. The summed E-state index contributed by atoms with van der Waals surface area (Å²) in [6.07, 6.45) is 0. The molecule has 344 valence electrons. The average molecular weight is 931 g/mol. The third kappa shape index (κ3) is 6.94. The molecule has 1 aliphatic rings. The molecule has 0 N–H and O–H groups in total. The lowest BCUT2D eigenvalue weighted by molar-refractivity contribution is 0.660. The molecule has 0 unspecified atom stereocenters. The Morgan fingerprint density at radius 1 is 0.288 bits per heavy atom. The van der Waals surface area contributed by atoms with E-state index in [4.69, 9.17) is 0 Å². The standard InChI is InChI=1S/C71H50N2/c1-71(2)65-32-17-16-27-57(65)58-40-33-52(46-66(58)71)70-61-30-14-12-28-59(61)69(60-29-13-15-31-62(60)70)51-23-18-26-56(43-51)72(53-24-10-5-11-25-53)54-36-38-55(39-37-54)73-67-41-34-49(47-19-6-3-7-20-47)44-63(67)64-45-50(35-42-68(64)73)48-21-8-4-9-22-48/h3-46H,1-2H3. The van der Waals surface area contributed by atoms with E-state index in [1.165, 1.54) is 110 Å². The number of rotatable bonds is 8. The monoisotopic (exact) mass is 930 g/mol. The highest BCUT2D eigenvalue weighted by molar-refractivity contribution is 6.22. The van der Waals surface area contributed by atoms with Gasteiger partial charge in [0, 0.05) is 38.9 Å². The van der Waals surface area contributed by atoms with Crippen LogP contribution in [0.5, 0.6) is 0 Å². The van der Waals surface area contributed by atoms with Crippen LogP contribution in [0.1, 0.15) is 25.0 Å². The number of hydrogen-bond acceptors (Lipinski definition) is 1. The molecule has 1 aromatic heterocycles. The highest BCUT2D eigenvalue weighted by Gasteiger charge is 2.35. The normalized spacial score (nSPS) is 12.6. The molecule has 0 amide bonds. The van der Waals surface area contributed by atoms with Gasteiger partial charge in [-0.1, -0.05) is 202 Å². The molecule has 1 aliphatic carbocycles. The molecular formula is C71H50N2. The fourth-order valence-electron chi connectivity index (χ4n) is 12.1. The summed E-state index contributed by atoms with van der Waals surface area (Å²) >= 11 is 0. The van der Waals surface area contributed by atoms with Crippen LogP contribution in [0.25, 0.3) is 105 Å². The van der Waals surface area contributed by atoms with Crippen molar-refractivity contribution in [2.45, 2.75) is 19.3 Å². The van der Waals surface area contributed by atoms with E-state index < -0.39 is 0 Å². The maximum atomic E-state index is 2.47. The van der Waals surface area contributed by atoms with Gasteiger partial charge < -0.3 is 9.47 Å². The van der Waals surface area contributed by atoms with Gasteiger partial charge in [-0.3, -0.25) is 0 Å². The average Bonchev–Trinajstić information content (AvgIpc) is 3.90. The van der Waals surface area contributed by atoms with Gasteiger partial charge in [0.25, 0.3) is 0 Å². The number of nitrogens with zero attached hydrogens (tertiary/aromatic N) is 2. The van der Waals surface area contributed by atoms with E-state index in [0.717, 1.165) is 22.7 Å². The molecule has 12 aromatic carbocycles. The maximum Gasteiger partial charge on any atom is 0.0541 e. The summed E-state index contributed by atoms with van der Waals surface area (Å²) in [6, 6.07) is 98.4. The summed E-state index contributed by atoms with van der Waals surface area (Å²) in [5, 5.41) is 7.45. The van der Waals surface area contributed by atoms with Crippen LogP contribution < -0.4 is 4.90 Å². The molecule has 2 heteroatoms. The second kappa shape index (κ2) is 17.0.